The molecule has 0 aromatic carbocycles. The van der Waals surface area contributed by atoms with E-state index in [9.17, 15) is 0 Å². The summed E-state index contributed by atoms with van der Waals surface area (Å²) < 4.78 is 2.07. The lowest BCUT2D eigenvalue weighted by Gasteiger charge is -2.06. The summed E-state index contributed by atoms with van der Waals surface area (Å²) in [4.78, 5) is 8.74. The van der Waals surface area contributed by atoms with E-state index in [2.05, 4.69) is 24.6 Å². The zero-order valence-corrected chi connectivity index (χ0v) is 11.3. The Morgan fingerprint density at radius 2 is 2.37 bits per heavy atom. The fourth-order valence-corrected chi connectivity index (χ4v) is 2.75. The topological polar surface area (TPSA) is 84.9 Å². The number of nitrogens with zero attached hydrogens (tertiary/aromatic N) is 4. The van der Waals surface area contributed by atoms with Crippen LogP contribution in [0.2, 0.25) is 0 Å². The van der Waals surface area contributed by atoms with E-state index in [4.69, 9.17) is 5.73 Å². The Balaban J connectivity index is 2.06. The van der Waals surface area contributed by atoms with Crippen LogP contribution in [0.5, 0.6) is 0 Å². The van der Waals surface area contributed by atoms with Crippen LogP contribution in [0, 0.1) is 0 Å². The van der Waals surface area contributed by atoms with Gasteiger partial charge in [-0.3, -0.25) is 5.10 Å². The predicted octanol–water partition coefficient (Wildman–Crippen LogP) is 1.49. The molecule has 19 heavy (non-hydrogen) atoms. The number of aromatic nitrogens is 5. The van der Waals surface area contributed by atoms with Crippen molar-refractivity contribution in [1.29, 1.82) is 0 Å². The van der Waals surface area contributed by atoms with E-state index in [0.29, 0.717) is 0 Å². The Bertz CT molecular complexity index is 673. The van der Waals surface area contributed by atoms with Crippen molar-refractivity contribution >= 4 is 17.4 Å². The normalized spacial score (nSPS) is 12.9. The number of imidazole rings is 1. The molecule has 0 aliphatic carbocycles. The third kappa shape index (κ3) is 2.47. The molecule has 0 saturated carbocycles. The van der Waals surface area contributed by atoms with Crippen LogP contribution in [-0.4, -0.2) is 30.6 Å². The molecule has 0 fully saturated rings. The first-order valence-corrected chi connectivity index (χ1v) is 6.80. The minimum atomic E-state index is 0.0779. The van der Waals surface area contributed by atoms with Gasteiger partial charge in [0.2, 0.25) is 0 Å². The number of hydrogen-bond acceptors (Lipinski definition) is 5. The Hall–Kier alpha value is -1.86. The first kappa shape index (κ1) is 12.2. The molecule has 0 bridgehead atoms. The van der Waals surface area contributed by atoms with Crippen LogP contribution in [0.15, 0.2) is 40.9 Å². The fourth-order valence-electron chi connectivity index (χ4n) is 1.93. The Morgan fingerprint density at radius 3 is 3.11 bits per heavy atom. The van der Waals surface area contributed by atoms with Gasteiger partial charge in [0, 0.05) is 18.7 Å². The number of rotatable bonds is 4. The zero-order chi connectivity index (χ0) is 13.2. The summed E-state index contributed by atoms with van der Waals surface area (Å²) in [6.07, 6.45) is 4.26. The van der Waals surface area contributed by atoms with Crippen molar-refractivity contribution in [1.82, 2.24) is 24.6 Å². The summed E-state index contributed by atoms with van der Waals surface area (Å²) in [5, 5.41) is 8.33. The van der Waals surface area contributed by atoms with Crippen molar-refractivity contribution in [2.45, 2.75) is 29.6 Å². The molecule has 0 amide bonds. The van der Waals surface area contributed by atoms with Gasteiger partial charge in [-0.15, -0.1) is 0 Å². The first-order chi connectivity index (χ1) is 9.24. The predicted molar refractivity (Wildman–Crippen MR) is 73.1 cm³/mol. The van der Waals surface area contributed by atoms with Crippen LogP contribution in [0.25, 0.3) is 5.65 Å². The van der Waals surface area contributed by atoms with Crippen LogP contribution in [0.1, 0.15) is 12.6 Å². The van der Waals surface area contributed by atoms with E-state index >= 15 is 0 Å². The maximum atomic E-state index is 5.93. The monoisotopic (exact) mass is 274 g/mol. The highest BCUT2D eigenvalue weighted by molar-refractivity contribution is 7.99. The second-order valence-corrected chi connectivity index (χ2v) is 5.34. The molecular weight excluding hydrogens is 260 g/mol. The number of nitrogens with two attached hydrogens (primary N) is 1. The van der Waals surface area contributed by atoms with Gasteiger partial charge < -0.3 is 10.1 Å². The lowest BCUT2D eigenvalue weighted by Crippen LogP contribution is -2.19. The molecule has 3 N–H and O–H groups in total. The van der Waals surface area contributed by atoms with Gasteiger partial charge in [0.25, 0.3) is 0 Å². The van der Waals surface area contributed by atoms with E-state index < -0.39 is 0 Å². The number of pyridine rings is 1. The third-order valence-electron chi connectivity index (χ3n) is 2.69. The van der Waals surface area contributed by atoms with Gasteiger partial charge in [-0.2, -0.15) is 5.10 Å². The average Bonchev–Trinajstić information content (AvgIpc) is 2.99. The number of hydrogen-bond donors (Lipinski definition) is 2. The molecule has 0 aliphatic heterocycles. The molecule has 3 rings (SSSR count). The lowest BCUT2D eigenvalue weighted by atomic mass is 10.2. The molecule has 0 radical (unpaired) electrons. The maximum absolute atomic E-state index is 5.93. The van der Waals surface area contributed by atoms with Crippen molar-refractivity contribution in [2.24, 2.45) is 5.73 Å². The van der Waals surface area contributed by atoms with E-state index in [1.807, 2.05) is 31.3 Å². The highest BCUT2D eigenvalue weighted by Gasteiger charge is 2.15. The number of fused-ring (bicyclic) bond motifs is 1. The van der Waals surface area contributed by atoms with Gasteiger partial charge >= 0.3 is 0 Å². The highest BCUT2D eigenvalue weighted by Crippen LogP contribution is 2.28. The van der Waals surface area contributed by atoms with Crippen molar-refractivity contribution in [3.63, 3.8) is 0 Å². The quantitative estimate of drug-likeness (QED) is 0.753. The SMILES string of the molecule is CC(N)Cc1c(Sc2ncn[nH]2)nc2ccccn12. The second kappa shape index (κ2) is 5.02. The minimum Gasteiger partial charge on any atom is -0.328 e. The van der Waals surface area contributed by atoms with E-state index in [1.54, 1.807) is 0 Å². The molecule has 1 atom stereocenters. The molecule has 1 unspecified atom stereocenters. The molecule has 3 aromatic rings. The molecule has 6 nitrogen and oxygen atoms in total. The van der Waals surface area contributed by atoms with Crippen molar-refractivity contribution in [2.75, 3.05) is 0 Å². The van der Waals surface area contributed by atoms with E-state index in [-0.39, 0.29) is 6.04 Å². The smallest absolute Gasteiger partial charge is 0.189 e. The van der Waals surface area contributed by atoms with Crippen LogP contribution < -0.4 is 5.73 Å². The molecule has 0 aliphatic rings. The van der Waals surface area contributed by atoms with Gasteiger partial charge in [0.05, 0.1) is 5.69 Å². The van der Waals surface area contributed by atoms with Gasteiger partial charge in [0.1, 0.15) is 17.0 Å². The highest BCUT2D eigenvalue weighted by atomic mass is 32.2. The van der Waals surface area contributed by atoms with Gasteiger partial charge in [-0.1, -0.05) is 6.07 Å². The van der Waals surface area contributed by atoms with Crippen molar-refractivity contribution < 1.29 is 0 Å². The summed E-state index contributed by atoms with van der Waals surface area (Å²) in [6, 6.07) is 6.02. The summed E-state index contributed by atoms with van der Waals surface area (Å²) >= 11 is 1.47. The van der Waals surface area contributed by atoms with Crippen molar-refractivity contribution in [3.8, 4) is 0 Å². The fraction of sp³-hybridized carbons (Fsp3) is 0.250. The summed E-state index contributed by atoms with van der Waals surface area (Å²) in [5.41, 5.74) is 7.95. The minimum absolute atomic E-state index is 0.0779. The summed E-state index contributed by atoms with van der Waals surface area (Å²) in [6.45, 7) is 1.99. The van der Waals surface area contributed by atoms with Gasteiger partial charge in [-0.05, 0) is 30.8 Å². The molecule has 0 saturated heterocycles. The number of aromatic amines is 1. The summed E-state index contributed by atoms with van der Waals surface area (Å²) in [7, 11) is 0. The summed E-state index contributed by atoms with van der Waals surface area (Å²) in [5.74, 6) is 0. The Morgan fingerprint density at radius 1 is 1.47 bits per heavy atom. The molecule has 3 heterocycles. The average molecular weight is 274 g/mol. The molecule has 0 spiro atoms. The lowest BCUT2D eigenvalue weighted by molar-refractivity contribution is 0.705. The molecule has 98 valence electrons. The maximum Gasteiger partial charge on any atom is 0.189 e. The van der Waals surface area contributed by atoms with Gasteiger partial charge in [0.15, 0.2) is 5.16 Å². The third-order valence-corrected chi connectivity index (χ3v) is 3.60. The number of H-pyrrole nitrogens is 1. The van der Waals surface area contributed by atoms with Crippen LogP contribution in [-0.2, 0) is 6.42 Å². The number of nitrogens with one attached hydrogen (secondary N) is 1. The van der Waals surface area contributed by atoms with E-state index in [0.717, 1.165) is 27.9 Å². The van der Waals surface area contributed by atoms with Crippen LogP contribution in [0.4, 0.5) is 0 Å². The van der Waals surface area contributed by atoms with Crippen molar-refractivity contribution in [3.05, 3.63) is 36.4 Å². The second-order valence-electron chi connectivity index (χ2n) is 4.37. The molecular formula is C12H14N6S. The Kier molecular flexibility index (Phi) is 3.22. The standard InChI is InChI=1S/C12H14N6S/c1-8(13)6-9-11(19-12-14-7-15-17-12)16-10-4-2-3-5-18(9)10/h2-5,7-8H,6,13H2,1H3,(H,14,15,17). The molecule has 7 heteroatoms. The first-order valence-electron chi connectivity index (χ1n) is 5.99. The van der Waals surface area contributed by atoms with Crippen LogP contribution >= 0.6 is 11.8 Å². The van der Waals surface area contributed by atoms with Gasteiger partial charge in [-0.25, -0.2) is 9.97 Å². The molecule has 3 aromatic heterocycles. The Labute approximate surface area is 114 Å². The zero-order valence-electron chi connectivity index (χ0n) is 10.4. The van der Waals surface area contributed by atoms with E-state index in [1.165, 1.54) is 18.1 Å². The van der Waals surface area contributed by atoms with Crippen LogP contribution in [0.3, 0.4) is 0 Å². The largest absolute Gasteiger partial charge is 0.328 e.